The first-order valence-corrected chi connectivity index (χ1v) is 6.27. The van der Waals surface area contributed by atoms with Gasteiger partial charge in [-0.15, -0.1) is 0 Å². The number of carbonyl (C=O) groups is 2. The van der Waals surface area contributed by atoms with Crippen LogP contribution in [0.25, 0.3) is 0 Å². The van der Waals surface area contributed by atoms with Gasteiger partial charge in [0.2, 0.25) is 0 Å². The molecule has 0 radical (unpaired) electrons. The molecule has 4 nitrogen and oxygen atoms in total. The highest BCUT2D eigenvalue weighted by atomic mass is 32.1. The Morgan fingerprint density at radius 3 is 1.62 bits per heavy atom. The van der Waals surface area contributed by atoms with E-state index < -0.39 is 27.9 Å². The van der Waals surface area contributed by atoms with Gasteiger partial charge in [-0.3, -0.25) is 9.59 Å². The predicted molar refractivity (Wildman–Crippen MR) is 66.3 cm³/mol. The molecule has 1 aliphatic rings. The van der Waals surface area contributed by atoms with Crippen molar-refractivity contribution in [3.8, 4) is 0 Å². The zero-order valence-electron chi connectivity index (χ0n) is 8.80. The molecule has 2 unspecified atom stereocenters. The van der Waals surface area contributed by atoms with Crippen molar-refractivity contribution in [2.45, 2.75) is 42.6 Å². The van der Waals surface area contributed by atoms with Gasteiger partial charge >= 0.3 is 11.9 Å². The average Bonchev–Trinajstić information content (AvgIpc) is 2.27. The van der Waals surface area contributed by atoms with E-state index in [0.29, 0.717) is 12.8 Å². The van der Waals surface area contributed by atoms with E-state index in [1.807, 2.05) is 0 Å². The first-order chi connectivity index (χ1) is 7.42. The maximum atomic E-state index is 11.0. The second-order valence-electron chi connectivity index (χ2n) is 4.28. The topological polar surface area (TPSA) is 74.6 Å². The summed E-state index contributed by atoms with van der Waals surface area (Å²) in [6.07, 6.45) is 3.83. The molecule has 0 heterocycles. The van der Waals surface area contributed by atoms with Crippen molar-refractivity contribution in [1.29, 1.82) is 0 Å². The summed E-state index contributed by atoms with van der Waals surface area (Å²) in [5.41, 5.74) is -0.831. The lowest BCUT2D eigenvalue weighted by atomic mass is 9.69. The zero-order valence-corrected chi connectivity index (χ0v) is 10.6. The monoisotopic (exact) mass is 264 g/mol. The average molecular weight is 264 g/mol. The van der Waals surface area contributed by atoms with Gasteiger partial charge in [-0.05, 0) is 12.8 Å². The van der Waals surface area contributed by atoms with Gasteiger partial charge in [0.15, 0.2) is 0 Å². The van der Waals surface area contributed by atoms with Crippen molar-refractivity contribution < 1.29 is 19.8 Å². The fraction of sp³-hybridized carbons (Fsp3) is 0.800. The normalized spacial score (nSPS) is 23.4. The number of carboxylic acids is 2. The lowest BCUT2D eigenvalue weighted by Crippen LogP contribution is -2.48. The minimum atomic E-state index is -1.06. The van der Waals surface area contributed by atoms with Crippen molar-refractivity contribution in [2.24, 2.45) is 5.41 Å². The predicted octanol–water partition coefficient (Wildman–Crippen LogP) is 1.70. The smallest absolute Gasteiger partial charge is 0.316 e. The minimum absolute atomic E-state index is 0.563. The molecule has 0 aliphatic heterocycles. The maximum Gasteiger partial charge on any atom is 0.316 e. The van der Waals surface area contributed by atoms with Crippen LogP contribution in [0.15, 0.2) is 0 Å². The van der Waals surface area contributed by atoms with Crippen LogP contribution in [0, 0.1) is 5.41 Å². The number of rotatable bonds is 4. The highest BCUT2D eigenvalue weighted by molar-refractivity contribution is 7.83. The number of aliphatic carboxylic acids is 2. The van der Waals surface area contributed by atoms with Crippen LogP contribution in [0.1, 0.15) is 32.1 Å². The first-order valence-electron chi connectivity index (χ1n) is 5.23. The van der Waals surface area contributed by atoms with E-state index in [2.05, 4.69) is 25.3 Å². The second-order valence-corrected chi connectivity index (χ2v) is 5.31. The molecule has 0 spiro atoms. The number of thiol groups is 2. The van der Waals surface area contributed by atoms with Crippen molar-refractivity contribution in [3.63, 3.8) is 0 Å². The minimum Gasteiger partial charge on any atom is -0.480 e. The highest BCUT2D eigenvalue weighted by Gasteiger charge is 2.49. The summed E-state index contributed by atoms with van der Waals surface area (Å²) in [5, 5.41) is 16.1. The molecule has 1 fully saturated rings. The van der Waals surface area contributed by atoms with Gasteiger partial charge in [0.1, 0.15) is 10.5 Å². The van der Waals surface area contributed by atoms with Gasteiger partial charge in [-0.1, -0.05) is 19.3 Å². The van der Waals surface area contributed by atoms with Crippen molar-refractivity contribution in [1.82, 2.24) is 0 Å². The molecule has 16 heavy (non-hydrogen) atoms. The Hall–Kier alpha value is -0.360. The van der Waals surface area contributed by atoms with Crippen LogP contribution < -0.4 is 0 Å². The van der Waals surface area contributed by atoms with Gasteiger partial charge in [-0.25, -0.2) is 0 Å². The number of hydrogen-bond donors (Lipinski definition) is 4. The van der Waals surface area contributed by atoms with E-state index in [9.17, 15) is 9.59 Å². The summed E-state index contributed by atoms with van der Waals surface area (Å²) >= 11 is 8.15. The molecule has 92 valence electrons. The summed E-state index contributed by atoms with van der Waals surface area (Å²) in [7, 11) is 0. The van der Waals surface area contributed by atoms with Crippen molar-refractivity contribution in [2.75, 3.05) is 0 Å². The highest BCUT2D eigenvalue weighted by Crippen LogP contribution is 2.46. The van der Waals surface area contributed by atoms with Crippen LogP contribution in [0.3, 0.4) is 0 Å². The van der Waals surface area contributed by atoms with Crippen molar-refractivity contribution in [3.05, 3.63) is 0 Å². The van der Waals surface area contributed by atoms with E-state index in [4.69, 9.17) is 10.2 Å². The lowest BCUT2D eigenvalue weighted by Gasteiger charge is -2.42. The third-order valence-corrected chi connectivity index (χ3v) is 4.81. The van der Waals surface area contributed by atoms with Crippen molar-refractivity contribution >= 4 is 37.2 Å². The SMILES string of the molecule is O=C(O)C(S)C1(C(S)C(=O)O)CCCCC1. The lowest BCUT2D eigenvalue weighted by molar-refractivity contribution is -0.143. The number of hydrogen-bond acceptors (Lipinski definition) is 4. The Morgan fingerprint density at radius 1 is 0.938 bits per heavy atom. The largest absolute Gasteiger partial charge is 0.480 e. The fourth-order valence-corrected chi connectivity index (χ4v) is 3.33. The van der Waals surface area contributed by atoms with E-state index in [1.165, 1.54) is 0 Å². The van der Waals surface area contributed by atoms with E-state index in [-0.39, 0.29) is 0 Å². The Morgan fingerprint density at radius 2 is 1.31 bits per heavy atom. The Kier molecular flexibility index (Phi) is 4.55. The van der Waals surface area contributed by atoms with Crippen LogP contribution in [-0.4, -0.2) is 32.7 Å². The van der Waals surface area contributed by atoms with Crippen LogP contribution in [0.5, 0.6) is 0 Å². The number of carboxylic acid groups (broad SMARTS) is 2. The summed E-state index contributed by atoms with van der Waals surface area (Å²) in [6.45, 7) is 0. The van der Waals surface area contributed by atoms with Crippen LogP contribution in [-0.2, 0) is 9.59 Å². The van der Waals surface area contributed by atoms with Crippen LogP contribution in [0.2, 0.25) is 0 Å². The molecule has 1 aliphatic carbocycles. The molecule has 0 aromatic carbocycles. The van der Waals surface area contributed by atoms with Gasteiger partial charge in [0.25, 0.3) is 0 Å². The Bertz CT molecular complexity index is 265. The molecule has 0 aromatic heterocycles. The van der Waals surface area contributed by atoms with Gasteiger partial charge in [0.05, 0.1) is 0 Å². The fourth-order valence-electron chi connectivity index (χ4n) is 2.40. The molecular formula is C10H16O4S2. The second kappa shape index (κ2) is 5.31. The molecule has 0 aromatic rings. The van der Waals surface area contributed by atoms with Crippen LogP contribution in [0.4, 0.5) is 0 Å². The molecular weight excluding hydrogens is 248 g/mol. The Balaban J connectivity index is 3.00. The first kappa shape index (κ1) is 13.7. The van der Waals surface area contributed by atoms with Gasteiger partial charge in [-0.2, -0.15) is 25.3 Å². The summed E-state index contributed by atoms with van der Waals surface area (Å²) in [6, 6.07) is 0. The van der Waals surface area contributed by atoms with E-state index >= 15 is 0 Å². The van der Waals surface area contributed by atoms with E-state index in [0.717, 1.165) is 19.3 Å². The summed E-state index contributed by atoms with van der Waals surface area (Å²) < 4.78 is 0. The van der Waals surface area contributed by atoms with Gasteiger partial charge in [0, 0.05) is 5.41 Å². The molecule has 0 saturated heterocycles. The molecule has 2 atom stereocenters. The third-order valence-electron chi connectivity index (χ3n) is 3.34. The maximum absolute atomic E-state index is 11.0. The summed E-state index contributed by atoms with van der Waals surface area (Å²) in [5.74, 6) is -2.13. The Labute approximate surface area is 105 Å². The quantitative estimate of drug-likeness (QED) is 0.583. The molecule has 6 heteroatoms. The third kappa shape index (κ3) is 2.48. The summed E-state index contributed by atoms with van der Waals surface area (Å²) in [4.78, 5) is 22.1. The zero-order chi connectivity index (χ0) is 12.3. The molecule has 1 saturated carbocycles. The van der Waals surface area contributed by atoms with Gasteiger partial charge < -0.3 is 10.2 Å². The standard InChI is InChI=1S/C10H16O4S2/c11-8(12)6(15)10(7(16)9(13)14)4-2-1-3-5-10/h6-7,15-16H,1-5H2,(H,11,12)(H,13,14). The molecule has 0 bridgehead atoms. The van der Waals surface area contributed by atoms with E-state index in [1.54, 1.807) is 0 Å². The molecule has 1 rings (SSSR count). The molecule has 0 amide bonds. The molecule has 2 N–H and O–H groups in total. The van der Waals surface area contributed by atoms with Crippen LogP contribution >= 0.6 is 25.3 Å².